The lowest BCUT2D eigenvalue weighted by Crippen LogP contribution is -2.21. The zero-order chi connectivity index (χ0) is 33.4. The molecule has 2 aromatic carbocycles. The number of aromatic nitrogens is 2. The molecule has 3 heterocycles. The summed E-state index contributed by atoms with van der Waals surface area (Å²) >= 11 is 1.51. The van der Waals surface area contributed by atoms with Crippen LogP contribution in [0.1, 0.15) is 113 Å². The van der Waals surface area contributed by atoms with Crippen LogP contribution in [0.3, 0.4) is 0 Å². The van der Waals surface area contributed by atoms with Crippen LogP contribution in [-0.4, -0.2) is 55.8 Å². The predicted molar refractivity (Wildman–Crippen MR) is 184 cm³/mol. The molecule has 0 aliphatic carbocycles. The van der Waals surface area contributed by atoms with Gasteiger partial charge in [0.2, 0.25) is 0 Å². The molecule has 1 fully saturated rings. The predicted octanol–water partition coefficient (Wildman–Crippen LogP) is 8.16. The van der Waals surface area contributed by atoms with Gasteiger partial charge in [0, 0.05) is 19.0 Å². The number of hydrogen-bond acceptors (Lipinski definition) is 8. The first-order valence-electron chi connectivity index (χ1n) is 17.1. The molecule has 254 valence electrons. The SMILES string of the molecule is CCCCCCCCC1OC1CCCCCCCC(=O)OC(=O)c1cn2c(n1)sc1ccccc12.O=C(O)C(O)Cc1ccccc1. The van der Waals surface area contributed by atoms with E-state index < -0.39 is 24.0 Å². The zero-order valence-electron chi connectivity index (χ0n) is 27.4. The Kier molecular flexibility index (Phi) is 14.9. The highest BCUT2D eigenvalue weighted by molar-refractivity contribution is 7.23. The number of imidazole rings is 1. The molecule has 5 rings (SSSR count). The normalized spacial score (nSPS) is 16.0. The number of thiazole rings is 1. The summed E-state index contributed by atoms with van der Waals surface area (Å²) in [6, 6.07) is 16.9. The van der Waals surface area contributed by atoms with Crippen molar-refractivity contribution in [1.82, 2.24) is 9.38 Å². The third kappa shape index (κ3) is 12.2. The standard InChI is InChI=1S/C28H38N2O4S.C9H10O3/c1-2-3-4-5-7-10-16-23-24(33-23)17-11-8-6-9-12-19-26(31)34-27(32)21-20-30-22-15-13-14-18-25(22)35-28(30)29-21;10-8(9(11)12)6-7-4-2-1-3-5-7/h13-15,18,20,23-24H,2-12,16-17,19H2,1H3;1-5,8,10H,6H2,(H,11,12). The molecule has 9 nitrogen and oxygen atoms in total. The number of carboxylic acids is 1. The van der Waals surface area contributed by atoms with Gasteiger partial charge in [-0.2, -0.15) is 0 Å². The smallest absolute Gasteiger partial charge is 0.366 e. The number of carboxylic acid groups (broad SMARTS) is 1. The number of benzene rings is 2. The molecule has 2 aromatic heterocycles. The summed E-state index contributed by atoms with van der Waals surface area (Å²) in [6.07, 6.45) is 17.4. The summed E-state index contributed by atoms with van der Waals surface area (Å²) in [5, 5.41) is 17.4. The van der Waals surface area contributed by atoms with Crippen molar-refractivity contribution in [3.8, 4) is 0 Å². The van der Waals surface area contributed by atoms with Crippen LogP contribution in [0.5, 0.6) is 0 Å². The maximum atomic E-state index is 12.3. The van der Waals surface area contributed by atoms with Crippen LogP contribution in [0.2, 0.25) is 0 Å². The highest BCUT2D eigenvalue weighted by Gasteiger charge is 2.36. The summed E-state index contributed by atoms with van der Waals surface area (Å²) in [6.45, 7) is 2.26. The number of fused-ring (bicyclic) bond motifs is 3. The van der Waals surface area contributed by atoms with E-state index in [1.807, 2.05) is 46.9 Å². The third-order valence-corrected chi connectivity index (χ3v) is 9.41. The minimum absolute atomic E-state index is 0.163. The van der Waals surface area contributed by atoms with E-state index in [1.54, 1.807) is 18.3 Å². The second-order valence-electron chi connectivity index (χ2n) is 12.2. The van der Waals surface area contributed by atoms with Crippen LogP contribution in [0, 0.1) is 0 Å². The number of para-hydroxylation sites is 1. The van der Waals surface area contributed by atoms with Crippen molar-refractivity contribution in [3.05, 3.63) is 72.1 Å². The largest absolute Gasteiger partial charge is 0.479 e. The molecular weight excluding hydrogens is 616 g/mol. The second kappa shape index (κ2) is 19.3. The quantitative estimate of drug-likeness (QED) is 0.0444. The Balaban J connectivity index is 0.000000351. The zero-order valence-corrected chi connectivity index (χ0v) is 28.2. The Morgan fingerprint density at radius 3 is 2.17 bits per heavy atom. The van der Waals surface area contributed by atoms with Gasteiger partial charge in [-0.05, 0) is 37.0 Å². The number of aliphatic carboxylic acids is 1. The van der Waals surface area contributed by atoms with Gasteiger partial charge in [0.25, 0.3) is 0 Å². The Labute approximate surface area is 280 Å². The average Bonchev–Trinajstić information content (AvgIpc) is 3.52. The molecule has 4 aromatic rings. The number of hydrogen-bond donors (Lipinski definition) is 2. The van der Waals surface area contributed by atoms with Gasteiger partial charge in [-0.3, -0.25) is 9.20 Å². The van der Waals surface area contributed by atoms with Crippen LogP contribution < -0.4 is 0 Å². The molecule has 1 aliphatic rings. The van der Waals surface area contributed by atoms with Crippen LogP contribution in [-0.2, 0) is 25.5 Å². The Hall–Kier alpha value is -3.60. The van der Waals surface area contributed by atoms with Crippen molar-refractivity contribution in [2.45, 2.75) is 122 Å². The Morgan fingerprint density at radius 2 is 1.49 bits per heavy atom. The van der Waals surface area contributed by atoms with Gasteiger partial charge in [0.15, 0.2) is 16.8 Å². The number of aliphatic hydroxyl groups is 1. The molecule has 0 spiro atoms. The van der Waals surface area contributed by atoms with Crippen molar-refractivity contribution in [1.29, 1.82) is 0 Å². The monoisotopic (exact) mass is 664 g/mol. The maximum absolute atomic E-state index is 12.3. The molecule has 1 saturated heterocycles. The average molecular weight is 665 g/mol. The van der Waals surface area contributed by atoms with Gasteiger partial charge in [0.05, 0.1) is 22.4 Å². The number of ether oxygens (including phenoxy) is 2. The topological polar surface area (TPSA) is 131 Å². The lowest BCUT2D eigenvalue weighted by molar-refractivity contribution is -0.146. The molecule has 0 saturated carbocycles. The molecule has 3 unspecified atom stereocenters. The summed E-state index contributed by atoms with van der Waals surface area (Å²) in [5.41, 5.74) is 1.99. The first-order valence-corrected chi connectivity index (χ1v) is 17.9. The van der Waals surface area contributed by atoms with Gasteiger partial charge in [0.1, 0.15) is 0 Å². The summed E-state index contributed by atoms with van der Waals surface area (Å²) in [5.74, 6) is -2.33. The number of nitrogens with zero attached hydrogens (tertiary/aromatic N) is 2. The summed E-state index contributed by atoms with van der Waals surface area (Å²) < 4.78 is 13.8. The van der Waals surface area contributed by atoms with Gasteiger partial charge >= 0.3 is 17.9 Å². The molecule has 1 aliphatic heterocycles. The van der Waals surface area contributed by atoms with Crippen LogP contribution in [0.4, 0.5) is 0 Å². The molecule has 0 amide bonds. The van der Waals surface area contributed by atoms with E-state index in [1.165, 1.54) is 62.7 Å². The molecule has 10 heteroatoms. The van der Waals surface area contributed by atoms with Crippen molar-refractivity contribution in [3.63, 3.8) is 0 Å². The molecule has 2 N–H and O–H groups in total. The highest BCUT2D eigenvalue weighted by Crippen LogP contribution is 2.32. The number of carbonyl (C=O) groups is 3. The first-order chi connectivity index (χ1) is 22.9. The van der Waals surface area contributed by atoms with E-state index in [0.29, 0.717) is 12.2 Å². The highest BCUT2D eigenvalue weighted by atomic mass is 32.1. The fraction of sp³-hybridized carbons (Fsp3) is 0.514. The van der Waals surface area contributed by atoms with Crippen molar-refractivity contribution in [2.24, 2.45) is 0 Å². The van der Waals surface area contributed by atoms with E-state index >= 15 is 0 Å². The lowest BCUT2D eigenvalue weighted by Gasteiger charge is -2.03. The first kappa shape index (κ1) is 36.2. The van der Waals surface area contributed by atoms with Crippen LogP contribution in [0.25, 0.3) is 15.2 Å². The fourth-order valence-electron chi connectivity index (χ4n) is 5.64. The number of esters is 2. The lowest BCUT2D eigenvalue weighted by atomic mass is 10.0. The third-order valence-electron chi connectivity index (χ3n) is 8.37. The number of epoxide rings is 1. The van der Waals surface area contributed by atoms with Crippen molar-refractivity contribution >= 4 is 44.4 Å². The Morgan fingerprint density at radius 1 is 0.872 bits per heavy atom. The molecular formula is C37H48N2O7S. The second-order valence-corrected chi connectivity index (χ2v) is 13.2. The summed E-state index contributed by atoms with van der Waals surface area (Å²) in [4.78, 5) is 39.7. The minimum Gasteiger partial charge on any atom is -0.479 e. The maximum Gasteiger partial charge on any atom is 0.366 e. The fourth-order valence-corrected chi connectivity index (χ4v) is 6.64. The van der Waals surface area contributed by atoms with E-state index in [4.69, 9.17) is 19.7 Å². The van der Waals surface area contributed by atoms with E-state index in [-0.39, 0.29) is 18.5 Å². The summed E-state index contributed by atoms with van der Waals surface area (Å²) in [7, 11) is 0. The van der Waals surface area contributed by atoms with Gasteiger partial charge < -0.3 is 19.7 Å². The van der Waals surface area contributed by atoms with E-state index in [0.717, 1.165) is 52.8 Å². The molecule has 0 bridgehead atoms. The number of unbranched alkanes of at least 4 members (excludes halogenated alkanes) is 9. The van der Waals surface area contributed by atoms with Crippen molar-refractivity contribution in [2.75, 3.05) is 0 Å². The van der Waals surface area contributed by atoms with E-state index in [2.05, 4.69) is 11.9 Å². The minimum atomic E-state index is -1.30. The van der Waals surface area contributed by atoms with Crippen LogP contribution >= 0.6 is 11.3 Å². The molecule has 0 radical (unpaired) electrons. The van der Waals surface area contributed by atoms with Crippen LogP contribution in [0.15, 0.2) is 60.8 Å². The van der Waals surface area contributed by atoms with Gasteiger partial charge in [-0.25, -0.2) is 14.6 Å². The van der Waals surface area contributed by atoms with E-state index in [9.17, 15) is 14.4 Å². The number of carbonyl (C=O) groups excluding carboxylic acids is 2. The van der Waals surface area contributed by atoms with Crippen molar-refractivity contribution < 1.29 is 34.1 Å². The number of aliphatic hydroxyl groups excluding tert-OH is 1. The molecule has 47 heavy (non-hydrogen) atoms. The van der Waals surface area contributed by atoms with Gasteiger partial charge in [-0.1, -0.05) is 125 Å². The number of rotatable bonds is 19. The Bertz CT molecular complexity index is 1550. The van der Waals surface area contributed by atoms with Gasteiger partial charge in [-0.15, -0.1) is 0 Å². The molecule has 3 atom stereocenters.